The number of aromatic amines is 1. The van der Waals surface area contributed by atoms with E-state index in [9.17, 15) is 4.79 Å². The zero-order valence-electron chi connectivity index (χ0n) is 15.0. The number of benzene rings is 1. The number of hydrogen-bond donors (Lipinski definition) is 2. The minimum atomic E-state index is -0.396. The van der Waals surface area contributed by atoms with Crippen molar-refractivity contribution in [1.82, 2.24) is 20.6 Å². The molecule has 3 rings (SSSR count). The number of H-pyrrole nitrogens is 1. The Morgan fingerprint density at radius 2 is 2.19 bits per heavy atom. The van der Waals surface area contributed by atoms with Crippen LogP contribution in [0.2, 0.25) is 0 Å². The third-order valence-electron chi connectivity index (χ3n) is 3.65. The summed E-state index contributed by atoms with van der Waals surface area (Å²) in [6.45, 7) is 2.45. The highest BCUT2D eigenvalue weighted by molar-refractivity contribution is 5.94. The third kappa shape index (κ3) is 4.49. The van der Waals surface area contributed by atoms with Crippen molar-refractivity contribution in [2.24, 2.45) is 5.10 Å². The van der Waals surface area contributed by atoms with E-state index in [2.05, 4.69) is 25.7 Å². The van der Waals surface area contributed by atoms with Gasteiger partial charge in [-0.2, -0.15) is 10.2 Å². The molecule has 2 heterocycles. The molecule has 1 aromatic carbocycles. The summed E-state index contributed by atoms with van der Waals surface area (Å²) in [5, 5.41) is 10.8. The second-order valence-corrected chi connectivity index (χ2v) is 5.45. The molecule has 2 N–H and O–H groups in total. The molecule has 27 heavy (non-hydrogen) atoms. The molecule has 0 fully saturated rings. The fourth-order valence-electron chi connectivity index (χ4n) is 2.37. The van der Waals surface area contributed by atoms with Crippen LogP contribution in [0.4, 0.5) is 0 Å². The first kappa shape index (κ1) is 18.1. The molecule has 0 radical (unpaired) electrons. The number of hydrogen-bond acceptors (Lipinski definition) is 6. The Morgan fingerprint density at radius 3 is 2.93 bits per heavy atom. The standard InChI is InChI=1S/C19H19N5O3/c1-3-27-17-7-6-14(9-18(17)26-2)15-10-16(23-22-15)19(25)24-21-12-13-5-4-8-20-11-13/h4-12H,3H2,1-2H3,(H,22,23)(H,24,25). The van der Waals surface area contributed by atoms with E-state index < -0.39 is 5.91 Å². The first-order valence-electron chi connectivity index (χ1n) is 8.31. The highest BCUT2D eigenvalue weighted by Gasteiger charge is 2.12. The van der Waals surface area contributed by atoms with Gasteiger partial charge in [0.1, 0.15) is 5.69 Å². The van der Waals surface area contributed by atoms with Gasteiger partial charge in [-0.15, -0.1) is 0 Å². The average molecular weight is 365 g/mol. The zero-order chi connectivity index (χ0) is 19.1. The molecule has 0 saturated heterocycles. The lowest BCUT2D eigenvalue weighted by Gasteiger charge is -2.09. The molecule has 0 bridgehead atoms. The predicted octanol–water partition coefficient (Wildman–Crippen LogP) is 2.64. The molecule has 0 saturated carbocycles. The lowest BCUT2D eigenvalue weighted by Crippen LogP contribution is -2.18. The van der Waals surface area contributed by atoms with E-state index in [4.69, 9.17) is 9.47 Å². The number of aromatic nitrogens is 3. The number of methoxy groups -OCH3 is 1. The predicted molar refractivity (Wildman–Crippen MR) is 101 cm³/mol. The maximum absolute atomic E-state index is 12.2. The summed E-state index contributed by atoms with van der Waals surface area (Å²) >= 11 is 0. The van der Waals surface area contributed by atoms with Gasteiger partial charge in [0.2, 0.25) is 0 Å². The van der Waals surface area contributed by atoms with E-state index in [0.29, 0.717) is 29.5 Å². The molecule has 8 nitrogen and oxygen atoms in total. The van der Waals surface area contributed by atoms with Gasteiger partial charge in [0, 0.05) is 23.5 Å². The lowest BCUT2D eigenvalue weighted by atomic mass is 10.1. The van der Waals surface area contributed by atoms with E-state index in [0.717, 1.165) is 11.1 Å². The van der Waals surface area contributed by atoms with E-state index in [1.165, 1.54) is 6.21 Å². The number of carbonyl (C=O) groups excluding carboxylic acids is 1. The molecule has 0 aliphatic rings. The highest BCUT2D eigenvalue weighted by atomic mass is 16.5. The molecule has 0 aliphatic carbocycles. The topological polar surface area (TPSA) is 101 Å². The second-order valence-electron chi connectivity index (χ2n) is 5.45. The molecule has 0 aliphatic heterocycles. The number of nitrogens with one attached hydrogen (secondary N) is 2. The van der Waals surface area contributed by atoms with Gasteiger partial charge in [0.05, 0.1) is 25.6 Å². The summed E-state index contributed by atoms with van der Waals surface area (Å²) < 4.78 is 10.8. The number of pyridine rings is 1. The summed E-state index contributed by atoms with van der Waals surface area (Å²) in [5.74, 6) is 0.859. The van der Waals surface area contributed by atoms with E-state index in [1.54, 1.807) is 31.6 Å². The van der Waals surface area contributed by atoms with Gasteiger partial charge >= 0.3 is 0 Å². The van der Waals surface area contributed by atoms with E-state index in [-0.39, 0.29) is 0 Å². The molecule has 8 heteroatoms. The summed E-state index contributed by atoms with van der Waals surface area (Å²) in [6, 6.07) is 10.7. The van der Waals surface area contributed by atoms with E-state index in [1.807, 2.05) is 31.2 Å². The summed E-state index contributed by atoms with van der Waals surface area (Å²) in [6.07, 6.45) is 4.82. The Balaban J connectivity index is 1.70. The first-order valence-corrected chi connectivity index (χ1v) is 8.31. The largest absolute Gasteiger partial charge is 0.493 e. The van der Waals surface area contributed by atoms with Crippen LogP contribution in [0.15, 0.2) is 53.9 Å². The van der Waals surface area contributed by atoms with Crippen LogP contribution in [0.25, 0.3) is 11.3 Å². The Kier molecular flexibility index (Phi) is 5.78. The van der Waals surface area contributed by atoms with Gasteiger partial charge in [-0.3, -0.25) is 14.9 Å². The van der Waals surface area contributed by atoms with Gasteiger partial charge in [-0.25, -0.2) is 5.43 Å². The van der Waals surface area contributed by atoms with Crippen molar-refractivity contribution in [3.05, 3.63) is 60.0 Å². The van der Waals surface area contributed by atoms with Crippen LogP contribution in [-0.2, 0) is 0 Å². The van der Waals surface area contributed by atoms with Crippen molar-refractivity contribution in [3.8, 4) is 22.8 Å². The number of hydrazone groups is 1. The fraction of sp³-hybridized carbons (Fsp3) is 0.158. The van der Waals surface area contributed by atoms with Gasteiger partial charge in [0.25, 0.3) is 5.91 Å². The molecule has 0 spiro atoms. The summed E-state index contributed by atoms with van der Waals surface area (Å²) in [4.78, 5) is 16.2. The van der Waals surface area contributed by atoms with Crippen molar-refractivity contribution in [2.75, 3.05) is 13.7 Å². The maximum atomic E-state index is 12.2. The van der Waals surface area contributed by atoms with Gasteiger partial charge < -0.3 is 9.47 Å². The fourth-order valence-corrected chi connectivity index (χ4v) is 2.37. The molecule has 3 aromatic rings. The Labute approximate surface area is 156 Å². The zero-order valence-corrected chi connectivity index (χ0v) is 15.0. The van der Waals surface area contributed by atoms with Crippen LogP contribution in [0.1, 0.15) is 23.0 Å². The Hall–Kier alpha value is -3.68. The van der Waals surface area contributed by atoms with Crippen molar-refractivity contribution in [2.45, 2.75) is 6.92 Å². The third-order valence-corrected chi connectivity index (χ3v) is 3.65. The van der Waals surface area contributed by atoms with Crippen LogP contribution in [0.5, 0.6) is 11.5 Å². The number of rotatable bonds is 7. The van der Waals surface area contributed by atoms with Crippen LogP contribution in [0.3, 0.4) is 0 Å². The molecule has 2 aromatic heterocycles. The maximum Gasteiger partial charge on any atom is 0.289 e. The van der Waals surface area contributed by atoms with Crippen molar-refractivity contribution in [3.63, 3.8) is 0 Å². The van der Waals surface area contributed by atoms with Crippen LogP contribution in [0, 0.1) is 0 Å². The van der Waals surface area contributed by atoms with Crippen LogP contribution < -0.4 is 14.9 Å². The minimum Gasteiger partial charge on any atom is -0.493 e. The number of nitrogens with zero attached hydrogens (tertiary/aromatic N) is 3. The minimum absolute atomic E-state index is 0.293. The van der Waals surface area contributed by atoms with Crippen molar-refractivity contribution < 1.29 is 14.3 Å². The molecule has 0 atom stereocenters. The number of carbonyl (C=O) groups is 1. The normalized spacial score (nSPS) is 10.7. The van der Waals surface area contributed by atoms with Gasteiger partial charge in [-0.05, 0) is 37.3 Å². The molecule has 1 amide bonds. The first-order chi connectivity index (χ1) is 13.2. The van der Waals surface area contributed by atoms with Crippen LogP contribution >= 0.6 is 0 Å². The molecular formula is C19H19N5O3. The molecule has 138 valence electrons. The lowest BCUT2D eigenvalue weighted by molar-refractivity contribution is 0.0950. The molecule has 0 unspecified atom stereocenters. The quantitative estimate of drug-likeness (QED) is 0.495. The number of amides is 1. The second kappa shape index (κ2) is 8.61. The van der Waals surface area contributed by atoms with Crippen molar-refractivity contribution >= 4 is 12.1 Å². The van der Waals surface area contributed by atoms with Crippen molar-refractivity contribution in [1.29, 1.82) is 0 Å². The van der Waals surface area contributed by atoms with E-state index >= 15 is 0 Å². The summed E-state index contributed by atoms with van der Waals surface area (Å²) in [5.41, 5.74) is 4.93. The smallest absolute Gasteiger partial charge is 0.289 e. The van der Waals surface area contributed by atoms with Gasteiger partial charge in [0.15, 0.2) is 11.5 Å². The Morgan fingerprint density at radius 1 is 1.30 bits per heavy atom. The molecular weight excluding hydrogens is 346 g/mol. The monoisotopic (exact) mass is 365 g/mol. The van der Waals surface area contributed by atoms with Crippen LogP contribution in [-0.4, -0.2) is 41.0 Å². The highest BCUT2D eigenvalue weighted by Crippen LogP contribution is 2.32. The number of ether oxygens (including phenoxy) is 2. The van der Waals surface area contributed by atoms with Gasteiger partial charge in [-0.1, -0.05) is 6.07 Å². The Bertz CT molecular complexity index is 938. The summed E-state index contributed by atoms with van der Waals surface area (Å²) in [7, 11) is 1.57. The SMILES string of the molecule is CCOc1ccc(-c2cc(C(=O)NN=Cc3cccnc3)[nH]n2)cc1OC. The average Bonchev–Trinajstić information content (AvgIpc) is 3.19.